The first-order valence-electron chi connectivity index (χ1n) is 14.7. The molecule has 0 bridgehead atoms. The van der Waals surface area contributed by atoms with E-state index < -0.39 is 0 Å². The van der Waals surface area contributed by atoms with Gasteiger partial charge in [-0.3, -0.25) is 9.59 Å². The van der Waals surface area contributed by atoms with E-state index >= 15 is 0 Å². The van der Waals surface area contributed by atoms with Crippen LogP contribution in [0, 0.1) is 12.8 Å². The Morgan fingerprint density at radius 3 is 2.40 bits per heavy atom. The summed E-state index contributed by atoms with van der Waals surface area (Å²) in [5.41, 5.74) is 7.76. The highest BCUT2D eigenvalue weighted by atomic mass is 16.1. The highest BCUT2D eigenvalue weighted by Gasteiger charge is 2.18. The van der Waals surface area contributed by atoms with Gasteiger partial charge in [-0.25, -0.2) is 4.98 Å². The summed E-state index contributed by atoms with van der Waals surface area (Å²) in [7, 11) is 1.72. The predicted molar refractivity (Wildman–Crippen MR) is 172 cm³/mol. The highest BCUT2D eigenvalue weighted by molar-refractivity contribution is 5.94. The molecule has 1 aromatic heterocycles. The van der Waals surface area contributed by atoms with Crippen LogP contribution in [-0.2, 0) is 13.5 Å². The molecule has 0 unspecified atom stereocenters. The van der Waals surface area contributed by atoms with Gasteiger partial charge in [0.15, 0.2) is 5.82 Å². The van der Waals surface area contributed by atoms with Crippen molar-refractivity contribution in [2.24, 2.45) is 13.0 Å². The fourth-order valence-corrected chi connectivity index (χ4v) is 5.16. The summed E-state index contributed by atoms with van der Waals surface area (Å²) in [4.78, 5) is 29.9. The first-order chi connectivity index (χ1) is 20.3. The topological polar surface area (TPSA) is 88.0 Å². The number of anilines is 3. The minimum absolute atomic E-state index is 0.118. The molecule has 1 aliphatic carbocycles. The Morgan fingerprint density at radius 1 is 1.02 bits per heavy atom. The molecule has 1 fully saturated rings. The van der Waals surface area contributed by atoms with E-state index in [-0.39, 0.29) is 17.3 Å². The average Bonchev–Trinajstić information content (AvgIpc) is 2.97. The Morgan fingerprint density at radius 2 is 1.74 bits per heavy atom. The number of carbonyl (C=O) groups excluding carboxylic acids is 1. The SMILES string of the molecule is C=C(Nc1cccc(-c2cn(C)c(=O)c(Nc3ccc(C(=O)NCCC)cc3)n2)c1C)c1ccc(CC2CCC2)cc1. The van der Waals surface area contributed by atoms with Crippen molar-refractivity contribution in [2.45, 2.75) is 46.0 Å². The smallest absolute Gasteiger partial charge is 0.293 e. The fraction of sp³-hybridized carbons (Fsp3) is 0.286. The summed E-state index contributed by atoms with van der Waals surface area (Å²) in [6, 6.07) is 21.7. The van der Waals surface area contributed by atoms with Crippen molar-refractivity contribution in [1.29, 1.82) is 0 Å². The molecule has 0 atom stereocenters. The maximum absolute atomic E-state index is 13.0. The largest absolute Gasteiger partial charge is 0.355 e. The van der Waals surface area contributed by atoms with Crippen molar-refractivity contribution in [2.75, 3.05) is 17.2 Å². The molecule has 0 radical (unpaired) electrons. The van der Waals surface area contributed by atoms with Gasteiger partial charge in [-0.2, -0.15) is 0 Å². The van der Waals surface area contributed by atoms with Gasteiger partial charge in [0, 0.05) is 48.0 Å². The highest BCUT2D eigenvalue weighted by Crippen LogP contribution is 2.31. The first kappa shape index (κ1) is 28.9. The van der Waals surface area contributed by atoms with E-state index in [1.807, 2.05) is 32.0 Å². The van der Waals surface area contributed by atoms with E-state index in [2.05, 4.69) is 46.8 Å². The molecule has 1 aliphatic rings. The molecular formula is C35H39N5O2. The minimum Gasteiger partial charge on any atom is -0.355 e. The number of aryl methyl sites for hydroxylation is 1. The zero-order valence-electron chi connectivity index (χ0n) is 24.7. The molecule has 0 spiro atoms. The van der Waals surface area contributed by atoms with E-state index in [1.54, 1.807) is 37.5 Å². The van der Waals surface area contributed by atoms with Gasteiger partial charge in [0.1, 0.15) is 0 Å². The standard InChI is InChI=1S/C35H39N5O2/c1-5-20-36-34(41)28-16-18-29(19-17-28)38-33-35(42)40(4)22-32(39-33)30-10-7-11-31(23(30)2)37-24(3)27-14-12-26(13-15-27)21-25-8-6-9-25/h7,10-19,22,25,37H,3,5-6,8-9,20-21H2,1-2,4H3,(H,36,41)(H,38,39). The lowest BCUT2D eigenvalue weighted by Gasteiger charge is -2.25. The van der Waals surface area contributed by atoms with Crippen molar-refractivity contribution >= 4 is 28.8 Å². The fourth-order valence-electron chi connectivity index (χ4n) is 5.16. The third-order valence-corrected chi connectivity index (χ3v) is 7.96. The van der Waals surface area contributed by atoms with Crippen LogP contribution in [0.15, 0.2) is 84.3 Å². The van der Waals surface area contributed by atoms with Crippen LogP contribution < -0.4 is 21.5 Å². The molecule has 1 saturated carbocycles. The van der Waals surface area contributed by atoms with E-state index in [0.29, 0.717) is 23.5 Å². The third-order valence-electron chi connectivity index (χ3n) is 7.96. The van der Waals surface area contributed by atoms with Gasteiger partial charge in [0.05, 0.1) is 5.69 Å². The number of aromatic nitrogens is 2. The van der Waals surface area contributed by atoms with Crippen molar-refractivity contribution < 1.29 is 4.79 Å². The van der Waals surface area contributed by atoms with Gasteiger partial charge in [-0.1, -0.05) is 69.2 Å². The molecule has 0 aliphatic heterocycles. The van der Waals surface area contributed by atoms with Crippen molar-refractivity contribution in [3.63, 3.8) is 0 Å². The second kappa shape index (κ2) is 12.9. The van der Waals surface area contributed by atoms with Crippen molar-refractivity contribution in [3.05, 3.63) is 112 Å². The molecule has 1 heterocycles. The normalized spacial score (nSPS) is 12.8. The Kier molecular flexibility index (Phi) is 8.86. The number of nitrogens with zero attached hydrogens (tertiary/aromatic N) is 2. The molecule has 7 heteroatoms. The van der Waals surface area contributed by atoms with E-state index in [1.165, 1.54) is 29.4 Å². The maximum atomic E-state index is 13.0. The molecule has 1 amide bonds. The maximum Gasteiger partial charge on any atom is 0.293 e. The van der Waals surface area contributed by atoms with E-state index in [9.17, 15) is 9.59 Å². The number of amides is 1. The lowest BCUT2D eigenvalue weighted by Crippen LogP contribution is -2.24. The van der Waals surface area contributed by atoms with E-state index in [4.69, 9.17) is 4.98 Å². The van der Waals surface area contributed by atoms with Crippen LogP contribution in [0.3, 0.4) is 0 Å². The summed E-state index contributed by atoms with van der Waals surface area (Å²) in [5, 5.41) is 9.49. The Balaban J connectivity index is 1.33. The number of benzene rings is 3. The number of carbonyl (C=O) groups is 1. The van der Waals surface area contributed by atoms with Crippen molar-refractivity contribution in [1.82, 2.24) is 14.9 Å². The number of hydrogen-bond acceptors (Lipinski definition) is 5. The van der Waals surface area contributed by atoms with Gasteiger partial charge < -0.3 is 20.5 Å². The van der Waals surface area contributed by atoms with Gasteiger partial charge in [-0.15, -0.1) is 0 Å². The van der Waals surface area contributed by atoms with Crippen LogP contribution in [0.1, 0.15) is 59.7 Å². The van der Waals surface area contributed by atoms with Crippen LogP contribution in [0.2, 0.25) is 0 Å². The third kappa shape index (κ3) is 6.62. The molecule has 4 aromatic rings. The molecule has 5 rings (SSSR count). The van der Waals surface area contributed by atoms with Crippen LogP contribution in [0.25, 0.3) is 17.0 Å². The van der Waals surface area contributed by atoms with Crippen LogP contribution >= 0.6 is 0 Å². The molecule has 3 aromatic carbocycles. The molecule has 0 saturated heterocycles. The molecule has 216 valence electrons. The molecule has 3 N–H and O–H groups in total. The number of hydrogen-bond donors (Lipinski definition) is 3. The van der Waals surface area contributed by atoms with Gasteiger partial charge in [0.2, 0.25) is 0 Å². The summed E-state index contributed by atoms with van der Waals surface area (Å²) < 4.78 is 1.53. The molecule has 42 heavy (non-hydrogen) atoms. The minimum atomic E-state index is -0.246. The van der Waals surface area contributed by atoms with E-state index in [0.717, 1.165) is 46.8 Å². The molecule has 7 nitrogen and oxygen atoms in total. The zero-order valence-corrected chi connectivity index (χ0v) is 24.7. The zero-order chi connectivity index (χ0) is 29.6. The summed E-state index contributed by atoms with van der Waals surface area (Å²) in [5.74, 6) is 0.933. The second-order valence-corrected chi connectivity index (χ2v) is 11.1. The first-order valence-corrected chi connectivity index (χ1v) is 14.7. The summed E-state index contributed by atoms with van der Waals surface area (Å²) in [6.07, 6.45) is 7.84. The summed E-state index contributed by atoms with van der Waals surface area (Å²) in [6.45, 7) is 8.97. The number of nitrogens with one attached hydrogen (secondary N) is 3. The molecular weight excluding hydrogens is 522 g/mol. The Labute approximate surface area is 247 Å². The Hall–Kier alpha value is -4.65. The lowest BCUT2D eigenvalue weighted by molar-refractivity contribution is 0.0953. The lowest BCUT2D eigenvalue weighted by atomic mass is 9.81. The van der Waals surface area contributed by atoms with Gasteiger partial charge in [0.25, 0.3) is 11.5 Å². The predicted octanol–water partition coefficient (Wildman–Crippen LogP) is 7.06. The average molecular weight is 562 g/mol. The summed E-state index contributed by atoms with van der Waals surface area (Å²) >= 11 is 0. The van der Waals surface area contributed by atoms with Gasteiger partial charge in [-0.05, 0) is 72.7 Å². The van der Waals surface area contributed by atoms with Gasteiger partial charge >= 0.3 is 0 Å². The van der Waals surface area contributed by atoms with Crippen LogP contribution in [0.5, 0.6) is 0 Å². The van der Waals surface area contributed by atoms with Crippen molar-refractivity contribution in [3.8, 4) is 11.3 Å². The monoisotopic (exact) mass is 561 g/mol. The number of rotatable bonds is 11. The Bertz CT molecular complexity index is 1630. The van der Waals surface area contributed by atoms with Crippen LogP contribution in [0.4, 0.5) is 17.2 Å². The second-order valence-electron chi connectivity index (χ2n) is 11.1. The van der Waals surface area contributed by atoms with Crippen LogP contribution in [-0.4, -0.2) is 22.0 Å². The quantitative estimate of drug-likeness (QED) is 0.182.